The fourth-order valence-electron chi connectivity index (χ4n) is 2.69. The van der Waals surface area contributed by atoms with E-state index < -0.39 is 0 Å². The molecule has 2 aromatic heterocycles. The molecule has 0 radical (unpaired) electrons. The number of para-hydroxylation sites is 1. The molecule has 0 fully saturated rings. The van der Waals surface area contributed by atoms with E-state index in [0.29, 0.717) is 34.5 Å². The minimum atomic E-state index is -0.300. The highest BCUT2D eigenvalue weighted by Crippen LogP contribution is 2.34. The Morgan fingerprint density at radius 1 is 1.19 bits per heavy atom. The van der Waals surface area contributed by atoms with E-state index in [4.69, 9.17) is 9.15 Å². The molecule has 4 aromatic rings. The van der Waals surface area contributed by atoms with Crippen molar-refractivity contribution in [2.24, 2.45) is 0 Å². The van der Waals surface area contributed by atoms with Crippen LogP contribution in [0.5, 0.6) is 5.75 Å². The highest BCUT2D eigenvalue weighted by Gasteiger charge is 2.14. The third kappa shape index (κ3) is 3.78. The molecular weight excluding hydrogens is 362 g/mol. The number of nitrogens with one attached hydrogen (secondary N) is 2. The predicted octanol–water partition coefficient (Wildman–Crippen LogP) is 4.89. The number of urea groups is 1. The number of fused-ring (bicyclic) bond motifs is 1. The SMILES string of the molecule is COc1cccc2cc(-c3csc(NC(=O)NCc4ccccc4)n3)oc12. The molecule has 2 heterocycles. The second kappa shape index (κ2) is 7.51. The van der Waals surface area contributed by atoms with Crippen molar-refractivity contribution in [2.45, 2.75) is 6.54 Å². The summed E-state index contributed by atoms with van der Waals surface area (Å²) in [5, 5.41) is 8.84. The number of thiazole rings is 1. The maximum absolute atomic E-state index is 12.1. The number of anilines is 1. The Hall–Kier alpha value is -3.32. The van der Waals surface area contributed by atoms with Gasteiger partial charge in [0, 0.05) is 17.3 Å². The number of aromatic nitrogens is 1. The van der Waals surface area contributed by atoms with E-state index in [1.807, 2.05) is 60.0 Å². The molecule has 136 valence electrons. The van der Waals surface area contributed by atoms with Crippen LogP contribution >= 0.6 is 11.3 Å². The summed E-state index contributed by atoms with van der Waals surface area (Å²) >= 11 is 1.34. The van der Waals surface area contributed by atoms with Gasteiger partial charge < -0.3 is 14.5 Å². The molecule has 2 aromatic carbocycles. The first-order valence-electron chi connectivity index (χ1n) is 8.34. The van der Waals surface area contributed by atoms with Crippen LogP contribution in [0.1, 0.15) is 5.56 Å². The summed E-state index contributed by atoms with van der Waals surface area (Å²) in [5.41, 5.74) is 2.37. The second-order valence-electron chi connectivity index (χ2n) is 5.82. The lowest BCUT2D eigenvalue weighted by molar-refractivity contribution is 0.251. The summed E-state index contributed by atoms with van der Waals surface area (Å²) in [6, 6.07) is 17.0. The molecule has 0 aliphatic carbocycles. The van der Waals surface area contributed by atoms with Crippen molar-refractivity contribution in [1.29, 1.82) is 0 Å². The van der Waals surface area contributed by atoms with Crippen molar-refractivity contribution in [2.75, 3.05) is 12.4 Å². The average Bonchev–Trinajstić information content (AvgIpc) is 3.33. The van der Waals surface area contributed by atoms with Crippen LogP contribution in [-0.2, 0) is 6.54 Å². The molecule has 2 amide bonds. The Morgan fingerprint density at radius 2 is 2.04 bits per heavy atom. The molecule has 27 heavy (non-hydrogen) atoms. The topological polar surface area (TPSA) is 76.4 Å². The number of methoxy groups -OCH3 is 1. The Morgan fingerprint density at radius 3 is 2.85 bits per heavy atom. The van der Waals surface area contributed by atoms with Gasteiger partial charge in [0.05, 0.1) is 7.11 Å². The van der Waals surface area contributed by atoms with Crippen molar-refractivity contribution in [1.82, 2.24) is 10.3 Å². The summed E-state index contributed by atoms with van der Waals surface area (Å²) in [6.45, 7) is 0.453. The zero-order valence-corrected chi connectivity index (χ0v) is 15.4. The smallest absolute Gasteiger partial charge is 0.321 e. The molecule has 0 atom stereocenters. The first-order chi connectivity index (χ1) is 13.2. The summed E-state index contributed by atoms with van der Waals surface area (Å²) in [5.74, 6) is 1.30. The molecule has 7 heteroatoms. The second-order valence-corrected chi connectivity index (χ2v) is 6.68. The van der Waals surface area contributed by atoms with Gasteiger partial charge in [0.2, 0.25) is 0 Å². The number of benzene rings is 2. The summed E-state index contributed by atoms with van der Waals surface area (Å²) in [4.78, 5) is 16.5. The van der Waals surface area contributed by atoms with Gasteiger partial charge in [0.1, 0.15) is 5.69 Å². The lowest BCUT2D eigenvalue weighted by Crippen LogP contribution is -2.28. The first-order valence-corrected chi connectivity index (χ1v) is 9.22. The third-order valence-corrected chi connectivity index (χ3v) is 4.76. The Balaban J connectivity index is 1.45. The normalized spacial score (nSPS) is 10.7. The quantitative estimate of drug-likeness (QED) is 0.518. The summed E-state index contributed by atoms with van der Waals surface area (Å²) in [6.07, 6.45) is 0. The van der Waals surface area contributed by atoms with Gasteiger partial charge in [-0.3, -0.25) is 5.32 Å². The minimum Gasteiger partial charge on any atom is -0.493 e. The molecule has 4 rings (SSSR count). The highest BCUT2D eigenvalue weighted by atomic mass is 32.1. The first kappa shape index (κ1) is 17.1. The Bertz CT molecular complexity index is 1070. The number of carbonyl (C=O) groups is 1. The fourth-order valence-corrected chi connectivity index (χ4v) is 3.38. The van der Waals surface area contributed by atoms with Gasteiger partial charge in [-0.2, -0.15) is 0 Å². The van der Waals surface area contributed by atoms with E-state index in [2.05, 4.69) is 15.6 Å². The monoisotopic (exact) mass is 379 g/mol. The van der Waals surface area contributed by atoms with E-state index >= 15 is 0 Å². The van der Waals surface area contributed by atoms with Crippen molar-refractivity contribution in [3.05, 3.63) is 65.5 Å². The summed E-state index contributed by atoms with van der Waals surface area (Å²) < 4.78 is 11.2. The number of carbonyl (C=O) groups excluding carboxylic acids is 1. The molecule has 6 nitrogen and oxygen atoms in total. The molecule has 0 aliphatic heterocycles. The minimum absolute atomic E-state index is 0.300. The summed E-state index contributed by atoms with van der Waals surface area (Å²) in [7, 11) is 1.61. The van der Waals surface area contributed by atoms with Gasteiger partial charge in [-0.25, -0.2) is 9.78 Å². The highest BCUT2D eigenvalue weighted by molar-refractivity contribution is 7.14. The molecule has 0 spiro atoms. The molecule has 0 bridgehead atoms. The standard InChI is InChI=1S/C20H17N3O3S/c1-25-16-9-5-8-14-10-17(26-18(14)16)15-12-27-20(22-15)23-19(24)21-11-13-6-3-2-4-7-13/h2-10,12H,11H2,1H3,(H2,21,22,23,24). The van der Waals surface area contributed by atoms with Crippen molar-refractivity contribution in [3.8, 4) is 17.2 Å². The molecule has 0 saturated carbocycles. The maximum atomic E-state index is 12.1. The van der Waals surface area contributed by atoms with Gasteiger partial charge >= 0.3 is 6.03 Å². The van der Waals surface area contributed by atoms with Crippen LogP contribution in [0.4, 0.5) is 9.93 Å². The van der Waals surface area contributed by atoms with Crippen molar-refractivity contribution < 1.29 is 13.9 Å². The van der Waals surface area contributed by atoms with Crippen LogP contribution in [0, 0.1) is 0 Å². The predicted molar refractivity (Wildman–Crippen MR) is 106 cm³/mol. The van der Waals surface area contributed by atoms with Crippen LogP contribution in [0.25, 0.3) is 22.4 Å². The molecule has 0 aliphatic rings. The average molecular weight is 379 g/mol. The van der Waals surface area contributed by atoms with Crippen LogP contribution in [0.15, 0.2) is 64.4 Å². The van der Waals surface area contributed by atoms with E-state index in [0.717, 1.165) is 10.9 Å². The zero-order chi connectivity index (χ0) is 18.6. The molecule has 2 N–H and O–H groups in total. The fraction of sp³-hybridized carbons (Fsp3) is 0.100. The van der Waals surface area contributed by atoms with E-state index in [1.54, 1.807) is 7.11 Å². The van der Waals surface area contributed by atoms with Crippen LogP contribution in [0.2, 0.25) is 0 Å². The van der Waals surface area contributed by atoms with Crippen molar-refractivity contribution in [3.63, 3.8) is 0 Å². The molecule has 0 unspecified atom stereocenters. The zero-order valence-electron chi connectivity index (χ0n) is 14.6. The van der Waals surface area contributed by atoms with Crippen LogP contribution in [-0.4, -0.2) is 18.1 Å². The van der Waals surface area contributed by atoms with Crippen molar-refractivity contribution >= 4 is 33.5 Å². The largest absolute Gasteiger partial charge is 0.493 e. The van der Waals surface area contributed by atoms with Gasteiger partial charge in [-0.15, -0.1) is 11.3 Å². The number of ether oxygens (including phenoxy) is 1. The van der Waals surface area contributed by atoms with E-state index in [-0.39, 0.29) is 6.03 Å². The Labute approximate surface area is 159 Å². The van der Waals surface area contributed by atoms with E-state index in [9.17, 15) is 4.79 Å². The lowest BCUT2D eigenvalue weighted by Gasteiger charge is -2.05. The number of amides is 2. The number of furan rings is 1. The molecule has 0 saturated heterocycles. The number of hydrogen-bond donors (Lipinski definition) is 2. The van der Waals surface area contributed by atoms with Gasteiger partial charge in [-0.05, 0) is 17.7 Å². The number of nitrogens with zero attached hydrogens (tertiary/aromatic N) is 1. The van der Waals surface area contributed by atoms with Gasteiger partial charge in [0.25, 0.3) is 0 Å². The van der Waals surface area contributed by atoms with Crippen LogP contribution in [0.3, 0.4) is 0 Å². The van der Waals surface area contributed by atoms with E-state index in [1.165, 1.54) is 11.3 Å². The third-order valence-electron chi connectivity index (χ3n) is 4.00. The van der Waals surface area contributed by atoms with Gasteiger partial charge in [-0.1, -0.05) is 42.5 Å². The number of rotatable bonds is 5. The lowest BCUT2D eigenvalue weighted by atomic mass is 10.2. The van der Waals surface area contributed by atoms with Crippen LogP contribution < -0.4 is 15.4 Å². The maximum Gasteiger partial charge on any atom is 0.321 e. The number of hydrogen-bond acceptors (Lipinski definition) is 5. The van der Waals surface area contributed by atoms with Gasteiger partial charge in [0.15, 0.2) is 22.2 Å². The Kier molecular flexibility index (Phi) is 4.76. The molecular formula is C20H17N3O3S.